The maximum absolute atomic E-state index is 13.1. The molecule has 0 radical (unpaired) electrons. The van der Waals surface area contributed by atoms with Crippen molar-refractivity contribution in [1.29, 1.82) is 0 Å². The summed E-state index contributed by atoms with van der Waals surface area (Å²) < 4.78 is 13.1. The van der Waals surface area contributed by atoms with Crippen LogP contribution in [-0.4, -0.2) is 35.6 Å². The molecule has 0 saturated carbocycles. The molecular formula is C9H9FN2O2. The van der Waals surface area contributed by atoms with Gasteiger partial charge in [-0.2, -0.15) is 0 Å². The number of pyridine rings is 1. The second-order valence-electron chi connectivity index (χ2n) is 3.23. The van der Waals surface area contributed by atoms with Gasteiger partial charge in [-0.05, 0) is 0 Å². The first-order valence-corrected chi connectivity index (χ1v) is 4.24. The van der Waals surface area contributed by atoms with E-state index in [9.17, 15) is 9.18 Å². The van der Waals surface area contributed by atoms with Crippen molar-refractivity contribution in [3.63, 3.8) is 0 Å². The SMILES string of the molecule is O=Cc1c(F)cncc1N1CC(O)C1. The number of aliphatic hydroxyl groups excluding tert-OH is 1. The van der Waals surface area contributed by atoms with Crippen molar-refractivity contribution >= 4 is 12.0 Å². The fourth-order valence-electron chi connectivity index (χ4n) is 1.46. The monoisotopic (exact) mass is 196 g/mol. The summed E-state index contributed by atoms with van der Waals surface area (Å²) in [6, 6.07) is 0. The molecule has 0 aromatic carbocycles. The molecule has 0 aliphatic carbocycles. The van der Waals surface area contributed by atoms with Crippen LogP contribution in [0.4, 0.5) is 10.1 Å². The molecular weight excluding hydrogens is 187 g/mol. The van der Waals surface area contributed by atoms with Crippen molar-refractivity contribution in [2.24, 2.45) is 0 Å². The summed E-state index contributed by atoms with van der Waals surface area (Å²) in [7, 11) is 0. The number of aliphatic hydroxyl groups is 1. The number of carbonyl (C=O) groups is 1. The van der Waals surface area contributed by atoms with E-state index >= 15 is 0 Å². The molecule has 1 aliphatic rings. The molecule has 1 fully saturated rings. The number of aromatic nitrogens is 1. The Kier molecular flexibility index (Phi) is 2.17. The Labute approximate surface area is 80.0 Å². The number of rotatable bonds is 2. The van der Waals surface area contributed by atoms with Crippen molar-refractivity contribution in [3.05, 3.63) is 23.8 Å². The van der Waals surface area contributed by atoms with Gasteiger partial charge in [-0.25, -0.2) is 4.39 Å². The molecule has 1 N–H and O–H groups in total. The fraction of sp³-hybridized carbons (Fsp3) is 0.333. The molecule has 2 rings (SSSR count). The minimum atomic E-state index is -0.626. The average Bonchev–Trinajstić information content (AvgIpc) is 2.13. The maximum Gasteiger partial charge on any atom is 0.155 e. The van der Waals surface area contributed by atoms with Gasteiger partial charge in [0.1, 0.15) is 0 Å². The number of aldehydes is 1. The van der Waals surface area contributed by atoms with Crippen molar-refractivity contribution in [2.45, 2.75) is 6.10 Å². The van der Waals surface area contributed by atoms with Crippen LogP contribution in [-0.2, 0) is 0 Å². The van der Waals surface area contributed by atoms with Gasteiger partial charge >= 0.3 is 0 Å². The molecule has 1 aromatic rings. The Morgan fingerprint density at radius 2 is 2.29 bits per heavy atom. The van der Waals surface area contributed by atoms with Gasteiger partial charge in [0.15, 0.2) is 12.1 Å². The van der Waals surface area contributed by atoms with E-state index in [1.165, 1.54) is 6.20 Å². The highest BCUT2D eigenvalue weighted by Gasteiger charge is 2.27. The van der Waals surface area contributed by atoms with E-state index in [-0.39, 0.29) is 5.56 Å². The summed E-state index contributed by atoms with van der Waals surface area (Å²) >= 11 is 0. The molecule has 0 amide bonds. The first kappa shape index (κ1) is 9.08. The van der Waals surface area contributed by atoms with Gasteiger partial charge < -0.3 is 10.0 Å². The topological polar surface area (TPSA) is 53.4 Å². The minimum absolute atomic E-state index is 0.00639. The third-order valence-electron chi connectivity index (χ3n) is 2.24. The van der Waals surface area contributed by atoms with Gasteiger partial charge in [-0.15, -0.1) is 0 Å². The van der Waals surface area contributed by atoms with Gasteiger partial charge in [0.05, 0.1) is 29.7 Å². The summed E-state index contributed by atoms with van der Waals surface area (Å²) in [6.07, 6.45) is 2.51. The van der Waals surface area contributed by atoms with Crippen LogP contribution >= 0.6 is 0 Å². The van der Waals surface area contributed by atoms with Crippen molar-refractivity contribution in [1.82, 2.24) is 4.98 Å². The lowest BCUT2D eigenvalue weighted by atomic mass is 10.1. The number of hydrogen-bond donors (Lipinski definition) is 1. The first-order chi connectivity index (χ1) is 6.72. The zero-order chi connectivity index (χ0) is 10.1. The van der Waals surface area contributed by atoms with Gasteiger partial charge in [0.2, 0.25) is 0 Å². The Balaban J connectivity index is 2.33. The number of hydrogen-bond acceptors (Lipinski definition) is 4. The van der Waals surface area contributed by atoms with Crippen molar-refractivity contribution in [3.8, 4) is 0 Å². The van der Waals surface area contributed by atoms with Crippen LogP contribution in [0.2, 0.25) is 0 Å². The number of β-amino-alcohol motifs (C(OH)–C–C–N with tert-alkyl or cyclic N) is 1. The van der Waals surface area contributed by atoms with Gasteiger partial charge in [0.25, 0.3) is 0 Å². The summed E-state index contributed by atoms with van der Waals surface area (Å²) in [5.74, 6) is -0.626. The molecule has 0 unspecified atom stereocenters. The third kappa shape index (κ3) is 1.35. The van der Waals surface area contributed by atoms with Crippen LogP contribution in [0.5, 0.6) is 0 Å². The molecule has 0 spiro atoms. The van der Waals surface area contributed by atoms with E-state index in [1.807, 2.05) is 0 Å². The first-order valence-electron chi connectivity index (χ1n) is 4.24. The molecule has 0 atom stereocenters. The number of halogens is 1. The second kappa shape index (κ2) is 3.34. The molecule has 2 heterocycles. The van der Waals surface area contributed by atoms with E-state index in [0.717, 1.165) is 6.20 Å². The van der Waals surface area contributed by atoms with Crippen molar-refractivity contribution < 1.29 is 14.3 Å². The van der Waals surface area contributed by atoms with E-state index in [0.29, 0.717) is 25.1 Å². The fourth-order valence-corrected chi connectivity index (χ4v) is 1.46. The lowest BCUT2D eigenvalue weighted by Gasteiger charge is -2.38. The van der Waals surface area contributed by atoms with Crippen molar-refractivity contribution in [2.75, 3.05) is 18.0 Å². The zero-order valence-corrected chi connectivity index (χ0v) is 7.35. The number of anilines is 1. The zero-order valence-electron chi connectivity index (χ0n) is 7.35. The predicted octanol–water partition coefficient (Wildman–Crippen LogP) is 0.214. The van der Waals surface area contributed by atoms with Gasteiger partial charge in [0, 0.05) is 13.1 Å². The predicted molar refractivity (Wildman–Crippen MR) is 47.8 cm³/mol. The molecule has 1 aromatic heterocycles. The average molecular weight is 196 g/mol. The molecule has 14 heavy (non-hydrogen) atoms. The summed E-state index contributed by atoms with van der Waals surface area (Å²) in [4.78, 5) is 16.0. The Morgan fingerprint density at radius 3 is 2.86 bits per heavy atom. The molecule has 5 heteroatoms. The quantitative estimate of drug-likeness (QED) is 0.687. The van der Waals surface area contributed by atoms with E-state index in [1.54, 1.807) is 4.90 Å². The third-order valence-corrected chi connectivity index (χ3v) is 2.24. The van der Waals surface area contributed by atoms with E-state index in [4.69, 9.17) is 5.11 Å². The summed E-state index contributed by atoms with van der Waals surface area (Å²) in [6.45, 7) is 0.845. The highest BCUT2D eigenvalue weighted by molar-refractivity contribution is 5.84. The molecule has 0 bridgehead atoms. The lowest BCUT2D eigenvalue weighted by Crippen LogP contribution is -2.51. The Morgan fingerprint density at radius 1 is 1.57 bits per heavy atom. The maximum atomic E-state index is 13.1. The smallest absolute Gasteiger partial charge is 0.155 e. The van der Waals surface area contributed by atoms with Gasteiger partial charge in [-0.3, -0.25) is 9.78 Å². The van der Waals surface area contributed by atoms with Gasteiger partial charge in [-0.1, -0.05) is 0 Å². The lowest BCUT2D eigenvalue weighted by molar-refractivity contribution is 0.111. The largest absolute Gasteiger partial charge is 0.389 e. The summed E-state index contributed by atoms with van der Waals surface area (Å²) in [5, 5.41) is 9.07. The Hall–Kier alpha value is -1.49. The van der Waals surface area contributed by atoms with Crippen LogP contribution in [0.15, 0.2) is 12.4 Å². The standard InChI is InChI=1S/C9H9FN2O2/c10-8-1-11-2-9(7(8)5-13)12-3-6(14)4-12/h1-2,5-6,14H,3-4H2. The molecule has 4 nitrogen and oxygen atoms in total. The van der Waals surface area contributed by atoms with Crippen LogP contribution in [0.1, 0.15) is 10.4 Å². The van der Waals surface area contributed by atoms with Crippen LogP contribution in [0, 0.1) is 5.82 Å². The normalized spacial score (nSPS) is 16.6. The Bertz CT molecular complexity index is 364. The molecule has 1 saturated heterocycles. The molecule has 1 aliphatic heterocycles. The number of carbonyl (C=O) groups excluding carboxylic acids is 1. The number of nitrogens with zero attached hydrogens (tertiary/aromatic N) is 2. The van der Waals surface area contributed by atoms with Crippen LogP contribution in [0.25, 0.3) is 0 Å². The van der Waals surface area contributed by atoms with E-state index in [2.05, 4.69) is 4.98 Å². The highest BCUT2D eigenvalue weighted by Crippen LogP contribution is 2.24. The minimum Gasteiger partial charge on any atom is -0.389 e. The van der Waals surface area contributed by atoms with Crippen LogP contribution < -0.4 is 4.90 Å². The van der Waals surface area contributed by atoms with Crippen LogP contribution in [0.3, 0.4) is 0 Å². The summed E-state index contributed by atoms with van der Waals surface area (Å²) in [5.41, 5.74) is 0.456. The molecule has 74 valence electrons. The second-order valence-corrected chi connectivity index (χ2v) is 3.23. The highest BCUT2D eigenvalue weighted by atomic mass is 19.1. The van der Waals surface area contributed by atoms with E-state index < -0.39 is 11.9 Å².